The average molecular weight is 363 g/mol. The third kappa shape index (κ3) is 2.59. The van der Waals surface area contributed by atoms with E-state index >= 15 is 0 Å². The van der Waals surface area contributed by atoms with Crippen LogP contribution in [0, 0.1) is 0 Å². The molecule has 1 aromatic carbocycles. The van der Waals surface area contributed by atoms with Gasteiger partial charge in [-0.05, 0) is 25.0 Å². The van der Waals surface area contributed by atoms with E-state index in [0.717, 1.165) is 36.0 Å². The summed E-state index contributed by atoms with van der Waals surface area (Å²) in [6.45, 7) is 2.28. The molecule has 1 saturated heterocycles. The second-order valence-electron chi connectivity index (χ2n) is 7.21. The minimum Gasteiger partial charge on any atom is -0.370 e. The molecule has 0 unspecified atom stereocenters. The summed E-state index contributed by atoms with van der Waals surface area (Å²) in [5, 5.41) is 2.62. The number of rotatable bonds is 2. The maximum Gasteiger partial charge on any atom is 0.254 e. The molecule has 0 aliphatic carbocycles. The Bertz CT molecular complexity index is 919. The molecule has 27 heavy (non-hydrogen) atoms. The highest BCUT2D eigenvalue weighted by molar-refractivity contribution is 6.06. The van der Waals surface area contributed by atoms with Gasteiger partial charge in [-0.2, -0.15) is 0 Å². The second-order valence-corrected chi connectivity index (χ2v) is 7.21. The van der Waals surface area contributed by atoms with E-state index in [9.17, 15) is 4.79 Å². The number of aromatic nitrogens is 2. The average Bonchev–Trinajstić information content (AvgIpc) is 3.23. The first-order valence-corrected chi connectivity index (χ1v) is 9.25. The molecule has 1 amide bonds. The number of carbonyl (C=O) groups excluding carboxylic acids is 1. The number of nitrogens with one attached hydrogen (secondary N) is 1. The molecular weight excluding hydrogens is 342 g/mol. The fraction of sp³-hybridized carbons (Fsp3) is 0.368. The van der Waals surface area contributed by atoms with Crippen molar-refractivity contribution < 1.29 is 4.79 Å². The number of piperidine rings is 1. The first kappa shape index (κ1) is 16.0. The van der Waals surface area contributed by atoms with Crippen molar-refractivity contribution in [3.63, 3.8) is 0 Å². The molecule has 0 radical (unpaired) electrons. The molecule has 0 atom stereocenters. The van der Waals surface area contributed by atoms with Crippen LogP contribution in [-0.4, -0.2) is 47.0 Å². The standard InChI is InChI=1S/C19H21N7O/c20-17-23-16(27)19(24-17)7-10-25(11-8-19)18-21-12-15-14(22-18)6-9-26(15)13-4-2-1-3-5-13/h1-5,12H,6-11H2,(H3,20,23,24,27). The number of nitrogens with two attached hydrogens (primary N) is 1. The van der Waals surface area contributed by atoms with Gasteiger partial charge in [0.15, 0.2) is 5.96 Å². The molecule has 4 heterocycles. The van der Waals surface area contributed by atoms with Crippen molar-refractivity contribution in [2.24, 2.45) is 10.7 Å². The molecule has 8 heteroatoms. The van der Waals surface area contributed by atoms with Crippen molar-refractivity contribution in [1.82, 2.24) is 15.3 Å². The lowest BCUT2D eigenvalue weighted by Gasteiger charge is -2.35. The monoisotopic (exact) mass is 363 g/mol. The van der Waals surface area contributed by atoms with Gasteiger partial charge in [0.1, 0.15) is 5.54 Å². The summed E-state index contributed by atoms with van der Waals surface area (Å²) in [6.07, 6.45) is 4.06. The number of nitrogens with zero attached hydrogens (tertiary/aromatic N) is 5. The summed E-state index contributed by atoms with van der Waals surface area (Å²) in [4.78, 5) is 30.3. The Kier molecular flexibility index (Phi) is 3.53. The number of hydrogen-bond acceptors (Lipinski definition) is 7. The Morgan fingerprint density at radius 3 is 2.59 bits per heavy atom. The Labute approximate surface area is 157 Å². The first-order valence-electron chi connectivity index (χ1n) is 9.25. The highest BCUT2D eigenvalue weighted by Crippen LogP contribution is 2.35. The van der Waals surface area contributed by atoms with Crippen LogP contribution in [0.5, 0.6) is 0 Å². The third-order valence-electron chi connectivity index (χ3n) is 5.64. The fourth-order valence-electron chi connectivity index (χ4n) is 4.13. The summed E-state index contributed by atoms with van der Waals surface area (Å²) in [5.74, 6) is 0.866. The zero-order valence-corrected chi connectivity index (χ0v) is 14.9. The molecule has 1 aromatic heterocycles. The Morgan fingerprint density at radius 1 is 1.11 bits per heavy atom. The molecular formula is C19H21N7O. The molecule has 3 aliphatic rings. The van der Waals surface area contributed by atoms with Crippen LogP contribution in [0.4, 0.5) is 17.3 Å². The second kappa shape index (κ2) is 5.94. The molecule has 8 nitrogen and oxygen atoms in total. The normalized spacial score (nSPS) is 20.6. The molecule has 5 rings (SSSR count). The van der Waals surface area contributed by atoms with E-state index < -0.39 is 5.54 Å². The van der Waals surface area contributed by atoms with Crippen LogP contribution < -0.4 is 20.9 Å². The van der Waals surface area contributed by atoms with Crippen molar-refractivity contribution in [3.05, 3.63) is 42.2 Å². The van der Waals surface area contributed by atoms with Crippen molar-refractivity contribution in [3.8, 4) is 0 Å². The summed E-state index contributed by atoms with van der Waals surface area (Å²) < 4.78 is 0. The number of para-hydroxylation sites is 1. The van der Waals surface area contributed by atoms with E-state index in [0.29, 0.717) is 25.9 Å². The van der Waals surface area contributed by atoms with Crippen LogP contribution >= 0.6 is 0 Å². The van der Waals surface area contributed by atoms with Crippen LogP contribution in [0.3, 0.4) is 0 Å². The Balaban J connectivity index is 1.34. The lowest BCUT2D eigenvalue weighted by molar-refractivity contribution is -0.124. The quantitative estimate of drug-likeness (QED) is 0.824. The molecule has 0 saturated carbocycles. The van der Waals surface area contributed by atoms with Crippen molar-refractivity contribution in [1.29, 1.82) is 0 Å². The molecule has 1 spiro atoms. The maximum atomic E-state index is 12.2. The van der Waals surface area contributed by atoms with Crippen LogP contribution in [0.15, 0.2) is 41.5 Å². The van der Waals surface area contributed by atoms with E-state index in [1.54, 1.807) is 0 Å². The number of carbonyl (C=O) groups is 1. The maximum absolute atomic E-state index is 12.2. The van der Waals surface area contributed by atoms with Gasteiger partial charge in [-0.1, -0.05) is 18.2 Å². The molecule has 3 aliphatic heterocycles. The predicted octanol–water partition coefficient (Wildman–Crippen LogP) is 0.954. The third-order valence-corrected chi connectivity index (χ3v) is 5.64. The summed E-state index contributed by atoms with van der Waals surface area (Å²) in [5.41, 5.74) is 8.28. The number of hydrogen-bond donors (Lipinski definition) is 2. The highest BCUT2D eigenvalue weighted by Gasteiger charge is 2.45. The van der Waals surface area contributed by atoms with Gasteiger partial charge in [0.2, 0.25) is 5.95 Å². The Morgan fingerprint density at radius 2 is 1.89 bits per heavy atom. The van der Waals surface area contributed by atoms with Crippen molar-refractivity contribution in [2.75, 3.05) is 29.4 Å². The van der Waals surface area contributed by atoms with Crippen LogP contribution in [-0.2, 0) is 11.2 Å². The number of guanidine groups is 1. The zero-order chi connectivity index (χ0) is 18.4. The van der Waals surface area contributed by atoms with Gasteiger partial charge in [-0.3, -0.25) is 10.1 Å². The number of benzene rings is 1. The predicted molar refractivity (Wildman–Crippen MR) is 103 cm³/mol. The van der Waals surface area contributed by atoms with Crippen molar-refractivity contribution >= 4 is 29.2 Å². The number of aliphatic imine (C=N–C) groups is 1. The first-order chi connectivity index (χ1) is 13.1. The fourth-order valence-corrected chi connectivity index (χ4v) is 4.13. The van der Waals surface area contributed by atoms with E-state index in [4.69, 9.17) is 10.7 Å². The molecule has 0 bridgehead atoms. The summed E-state index contributed by atoms with van der Waals surface area (Å²) in [6, 6.07) is 10.3. The largest absolute Gasteiger partial charge is 0.370 e. The summed E-state index contributed by atoms with van der Waals surface area (Å²) in [7, 11) is 0. The van der Waals surface area contributed by atoms with Gasteiger partial charge in [0.05, 0.1) is 17.6 Å². The molecule has 3 N–H and O–H groups in total. The number of fused-ring (bicyclic) bond motifs is 1. The zero-order valence-electron chi connectivity index (χ0n) is 14.9. The van der Waals surface area contributed by atoms with Gasteiger partial charge >= 0.3 is 0 Å². The van der Waals surface area contributed by atoms with E-state index in [1.165, 1.54) is 0 Å². The highest BCUT2D eigenvalue weighted by atomic mass is 16.2. The topological polar surface area (TPSA) is 99.7 Å². The van der Waals surface area contributed by atoms with Gasteiger partial charge in [0, 0.05) is 31.7 Å². The van der Waals surface area contributed by atoms with Crippen LogP contribution in [0.2, 0.25) is 0 Å². The Hall–Kier alpha value is -3.16. The van der Waals surface area contributed by atoms with Crippen LogP contribution in [0.25, 0.3) is 0 Å². The van der Waals surface area contributed by atoms with Gasteiger partial charge in [-0.25, -0.2) is 15.0 Å². The molecule has 2 aromatic rings. The molecule has 138 valence electrons. The van der Waals surface area contributed by atoms with E-state index in [1.807, 2.05) is 24.4 Å². The SMILES string of the molecule is NC1=NC2(CCN(c3ncc4c(n3)CCN4c3ccccc3)CC2)C(=O)N1. The molecule has 1 fully saturated rings. The number of anilines is 3. The minimum atomic E-state index is -0.707. The smallest absolute Gasteiger partial charge is 0.254 e. The van der Waals surface area contributed by atoms with Gasteiger partial charge in [0.25, 0.3) is 5.91 Å². The summed E-state index contributed by atoms with van der Waals surface area (Å²) >= 11 is 0. The van der Waals surface area contributed by atoms with E-state index in [-0.39, 0.29) is 11.9 Å². The van der Waals surface area contributed by atoms with Crippen LogP contribution in [0.1, 0.15) is 18.5 Å². The van der Waals surface area contributed by atoms with E-state index in [2.05, 4.69) is 37.2 Å². The lowest BCUT2D eigenvalue weighted by atomic mass is 9.88. The minimum absolute atomic E-state index is 0.0898. The van der Waals surface area contributed by atoms with Gasteiger partial charge < -0.3 is 15.5 Å². The van der Waals surface area contributed by atoms with Gasteiger partial charge in [-0.15, -0.1) is 0 Å². The lowest BCUT2D eigenvalue weighted by Crippen LogP contribution is -2.49. The van der Waals surface area contributed by atoms with Crippen molar-refractivity contribution in [2.45, 2.75) is 24.8 Å². The number of amides is 1.